The molecule has 0 radical (unpaired) electrons. The van der Waals surface area contributed by atoms with Crippen LogP contribution in [-0.2, 0) is 5.54 Å². The van der Waals surface area contributed by atoms with Gasteiger partial charge in [-0.3, -0.25) is 0 Å². The fraction of sp³-hybridized carbons (Fsp3) is 0.625. The van der Waals surface area contributed by atoms with E-state index in [0.717, 1.165) is 40.3 Å². The van der Waals surface area contributed by atoms with Gasteiger partial charge < -0.3 is 15.2 Å². The van der Waals surface area contributed by atoms with Crippen LogP contribution in [0.2, 0.25) is 0 Å². The van der Waals surface area contributed by atoms with E-state index < -0.39 is 0 Å². The zero-order valence-electron chi connectivity index (χ0n) is 12.5. The van der Waals surface area contributed by atoms with E-state index in [9.17, 15) is 0 Å². The molecule has 0 aliphatic heterocycles. The lowest BCUT2D eigenvalue weighted by Gasteiger charge is -2.38. The lowest BCUT2D eigenvalue weighted by atomic mass is 9.72. The molecule has 0 bridgehead atoms. The third-order valence-corrected chi connectivity index (χ3v) is 5.35. The van der Waals surface area contributed by atoms with Gasteiger partial charge in [0.2, 0.25) is 0 Å². The van der Waals surface area contributed by atoms with Crippen molar-refractivity contribution >= 4 is 15.9 Å². The molecule has 1 aliphatic carbocycles. The molecule has 0 heterocycles. The first-order valence-electron chi connectivity index (χ1n) is 7.25. The van der Waals surface area contributed by atoms with Gasteiger partial charge in [-0.2, -0.15) is 0 Å². The van der Waals surface area contributed by atoms with Crippen molar-refractivity contribution in [1.82, 2.24) is 0 Å². The Morgan fingerprint density at radius 1 is 1.25 bits per heavy atom. The molecule has 0 amide bonds. The van der Waals surface area contributed by atoms with Crippen molar-refractivity contribution in [1.29, 1.82) is 0 Å². The van der Waals surface area contributed by atoms with Crippen LogP contribution in [0.4, 0.5) is 0 Å². The highest BCUT2D eigenvalue weighted by Crippen LogP contribution is 2.46. The van der Waals surface area contributed by atoms with E-state index in [1.54, 1.807) is 14.2 Å². The molecule has 3 nitrogen and oxygen atoms in total. The van der Waals surface area contributed by atoms with E-state index in [2.05, 4.69) is 28.9 Å². The number of benzene rings is 1. The minimum atomic E-state index is -0.286. The first-order chi connectivity index (χ1) is 9.55. The summed E-state index contributed by atoms with van der Waals surface area (Å²) in [4.78, 5) is 0. The predicted molar refractivity (Wildman–Crippen MR) is 85.4 cm³/mol. The van der Waals surface area contributed by atoms with Crippen LogP contribution in [0.25, 0.3) is 0 Å². The average molecular weight is 342 g/mol. The van der Waals surface area contributed by atoms with Crippen molar-refractivity contribution in [2.45, 2.75) is 44.6 Å². The van der Waals surface area contributed by atoms with E-state index in [1.807, 2.05) is 6.07 Å². The molecule has 112 valence electrons. The third-order valence-electron chi connectivity index (χ3n) is 4.60. The third kappa shape index (κ3) is 2.82. The van der Waals surface area contributed by atoms with Crippen molar-refractivity contribution in [2.24, 2.45) is 11.7 Å². The number of nitrogens with two attached hydrogens (primary N) is 1. The predicted octanol–water partition coefficient (Wildman–Crippen LogP) is 4.22. The summed E-state index contributed by atoms with van der Waals surface area (Å²) in [6, 6.07) is 4.01. The van der Waals surface area contributed by atoms with Crippen molar-refractivity contribution in [2.75, 3.05) is 14.2 Å². The van der Waals surface area contributed by atoms with Crippen LogP contribution in [0, 0.1) is 5.92 Å². The highest BCUT2D eigenvalue weighted by atomic mass is 79.9. The normalized spacial score (nSPS) is 26.4. The topological polar surface area (TPSA) is 44.5 Å². The van der Waals surface area contributed by atoms with Crippen LogP contribution in [-0.4, -0.2) is 14.2 Å². The van der Waals surface area contributed by atoms with Crippen molar-refractivity contribution in [3.8, 4) is 11.5 Å². The van der Waals surface area contributed by atoms with Gasteiger partial charge in [-0.05, 0) is 59.7 Å². The Kier molecular flexibility index (Phi) is 4.97. The fourth-order valence-corrected chi connectivity index (χ4v) is 3.83. The van der Waals surface area contributed by atoms with Gasteiger partial charge in [-0.1, -0.05) is 13.3 Å². The second-order valence-corrected chi connectivity index (χ2v) is 6.46. The summed E-state index contributed by atoms with van der Waals surface area (Å²) in [5.41, 5.74) is 7.49. The summed E-state index contributed by atoms with van der Waals surface area (Å²) >= 11 is 3.56. The number of halogens is 1. The summed E-state index contributed by atoms with van der Waals surface area (Å²) < 4.78 is 11.8. The van der Waals surface area contributed by atoms with Crippen molar-refractivity contribution < 1.29 is 9.47 Å². The van der Waals surface area contributed by atoms with E-state index >= 15 is 0 Å². The van der Waals surface area contributed by atoms with E-state index in [4.69, 9.17) is 15.2 Å². The smallest absolute Gasteiger partial charge is 0.141 e. The molecule has 0 saturated heterocycles. The SMILES string of the molecule is CCC1CCC(N)(c2ccc(OC)c(Br)c2OC)CC1. The van der Waals surface area contributed by atoms with Crippen molar-refractivity contribution in [3.05, 3.63) is 22.2 Å². The molecule has 0 atom stereocenters. The molecule has 1 saturated carbocycles. The second-order valence-electron chi connectivity index (χ2n) is 5.67. The number of rotatable bonds is 4. The molecule has 1 aromatic rings. The van der Waals surface area contributed by atoms with Crippen LogP contribution < -0.4 is 15.2 Å². The molecule has 1 aliphatic rings. The maximum absolute atomic E-state index is 6.69. The van der Waals surface area contributed by atoms with Gasteiger partial charge in [0.05, 0.1) is 14.2 Å². The lowest BCUT2D eigenvalue weighted by molar-refractivity contribution is 0.225. The molecule has 2 rings (SSSR count). The fourth-order valence-electron chi connectivity index (χ4n) is 3.16. The minimum absolute atomic E-state index is 0.286. The molecule has 0 spiro atoms. The van der Waals surface area contributed by atoms with Crippen LogP contribution >= 0.6 is 15.9 Å². The van der Waals surface area contributed by atoms with Crippen LogP contribution in [0.3, 0.4) is 0 Å². The van der Waals surface area contributed by atoms with E-state index in [0.29, 0.717) is 0 Å². The zero-order chi connectivity index (χ0) is 14.8. The molecular formula is C16H24BrNO2. The Hall–Kier alpha value is -0.740. The number of methoxy groups -OCH3 is 2. The van der Waals surface area contributed by atoms with Gasteiger partial charge in [0.1, 0.15) is 16.0 Å². The molecular weight excluding hydrogens is 318 g/mol. The molecule has 4 heteroatoms. The first-order valence-corrected chi connectivity index (χ1v) is 8.05. The maximum atomic E-state index is 6.69. The van der Waals surface area contributed by atoms with Crippen LogP contribution in [0.1, 0.15) is 44.6 Å². The summed E-state index contributed by atoms with van der Waals surface area (Å²) in [7, 11) is 3.34. The zero-order valence-corrected chi connectivity index (χ0v) is 14.1. The molecule has 0 aromatic heterocycles. The minimum Gasteiger partial charge on any atom is -0.495 e. The Bertz CT molecular complexity index is 468. The molecule has 20 heavy (non-hydrogen) atoms. The maximum Gasteiger partial charge on any atom is 0.141 e. The van der Waals surface area contributed by atoms with Crippen molar-refractivity contribution in [3.63, 3.8) is 0 Å². The lowest BCUT2D eigenvalue weighted by Crippen LogP contribution is -2.40. The summed E-state index contributed by atoms with van der Waals surface area (Å²) in [6.07, 6.45) is 5.67. The van der Waals surface area contributed by atoms with Crippen LogP contribution in [0.5, 0.6) is 11.5 Å². The first kappa shape index (κ1) is 15.6. The largest absolute Gasteiger partial charge is 0.495 e. The molecule has 1 fully saturated rings. The van der Waals surface area contributed by atoms with Gasteiger partial charge in [0.25, 0.3) is 0 Å². The summed E-state index contributed by atoms with van der Waals surface area (Å²) in [5, 5.41) is 0. The number of ether oxygens (including phenoxy) is 2. The monoisotopic (exact) mass is 341 g/mol. The number of hydrogen-bond donors (Lipinski definition) is 1. The van der Waals surface area contributed by atoms with E-state index in [1.165, 1.54) is 19.3 Å². The Morgan fingerprint density at radius 3 is 2.40 bits per heavy atom. The highest BCUT2D eigenvalue weighted by molar-refractivity contribution is 9.10. The molecule has 2 N–H and O–H groups in total. The second kappa shape index (κ2) is 6.35. The summed E-state index contributed by atoms with van der Waals surface area (Å²) in [5.74, 6) is 2.40. The van der Waals surface area contributed by atoms with Gasteiger partial charge in [-0.15, -0.1) is 0 Å². The Labute approximate surface area is 130 Å². The van der Waals surface area contributed by atoms with Gasteiger partial charge in [0, 0.05) is 11.1 Å². The van der Waals surface area contributed by atoms with Gasteiger partial charge in [-0.25, -0.2) is 0 Å². The molecule has 1 aromatic carbocycles. The van der Waals surface area contributed by atoms with E-state index in [-0.39, 0.29) is 5.54 Å². The summed E-state index contributed by atoms with van der Waals surface area (Å²) in [6.45, 7) is 2.26. The standard InChI is InChI=1S/C16H24BrNO2/c1-4-11-7-9-16(18,10-8-11)12-5-6-13(19-2)14(17)15(12)20-3/h5-6,11H,4,7-10,18H2,1-3H3. The number of hydrogen-bond acceptors (Lipinski definition) is 3. The average Bonchev–Trinajstić information content (AvgIpc) is 2.47. The van der Waals surface area contributed by atoms with Gasteiger partial charge in [0.15, 0.2) is 0 Å². The molecule has 0 unspecified atom stereocenters. The van der Waals surface area contributed by atoms with Gasteiger partial charge >= 0.3 is 0 Å². The Morgan fingerprint density at radius 2 is 1.90 bits per heavy atom. The quantitative estimate of drug-likeness (QED) is 0.891. The highest BCUT2D eigenvalue weighted by Gasteiger charge is 2.35. The van der Waals surface area contributed by atoms with Crippen LogP contribution in [0.15, 0.2) is 16.6 Å². The Balaban J connectivity index is 2.35.